The Morgan fingerprint density at radius 2 is 1.46 bits per heavy atom. The second kappa shape index (κ2) is 11.0. The first kappa shape index (κ1) is 27.2. The Morgan fingerprint density at radius 1 is 0.769 bits per heavy atom. The molecule has 0 unspecified atom stereocenters. The lowest BCUT2D eigenvalue weighted by Crippen LogP contribution is -2.50. The third-order valence-corrected chi connectivity index (χ3v) is 7.39. The minimum atomic E-state index is -5.13. The van der Waals surface area contributed by atoms with Gasteiger partial charge < -0.3 is 9.72 Å². The highest BCUT2D eigenvalue weighted by molar-refractivity contribution is 7.81. The lowest BCUT2D eigenvalue weighted by atomic mass is 9.78. The van der Waals surface area contributed by atoms with Gasteiger partial charge in [0.15, 0.2) is 0 Å². The van der Waals surface area contributed by atoms with Crippen LogP contribution in [0.25, 0.3) is 16.3 Å². The van der Waals surface area contributed by atoms with E-state index in [1.165, 1.54) is 0 Å². The molecule has 1 heterocycles. The highest BCUT2D eigenvalue weighted by atomic mass is 32.3. The average molecular weight is 572 g/mol. The second-order valence-corrected chi connectivity index (χ2v) is 11.1. The highest BCUT2D eigenvalue weighted by Gasteiger charge is 2.47. The number of fused-ring (bicyclic) bond motifs is 1. The topological polar surface area (TPSA) is 152 Å². The van der Waals surface area contributed by atoms with Gasteiger partial charge in [0.2, 0.25) is 0 Å². The number of ether oxygens (including phenoxy) is 1. The standard InChI is InChI=1S/C27H25NO9S2/c29-38(30,31)36-26-23(21-11-10-19-8-4-5-9-20(19)14-21)15-24(22-12-13-28-16-22)25(27(26)37-39(32,33)34)35-17-18-6-2-1-3-7-18/h1-16,24-28H,17H2,(H,29,30,31)(H,32,33,34)/t24-,25-,26-,27+/m1/s1. The van der Waals surface area contributed by atoms with Crippen molar-refractivity contribution in [2.75, 3.05) is 0 Å². The summed E-state index contributed by atoms with van der Waals surface area (Å²) in [6, 6.07) is 23.6. The Morgan fingerprint density at radius 3 is 2.13 bits per heavy atom. The van der Waals surface area contributed by atoms with E-state index in [0.717, 1.165) is 16.3 Å². The number of hydrogen-bond donors (Lipinski definition) is 3. The normalized spacial score (nSPS) is 22.1. The fourth-order valence-electron chi connectivity index (χ4n) is 4.84. The molecule has 1 aliphatic rings. The fourth-order valence-corrected chi connectivity index (χ4v) is 5.81. The molecule has 0 radical (unpaired) electrons. The zero-order valence-corrected chi connectivity index (χ0v) is 22.0. The second-order valence-electron chi connectivity index (χ2n) is 9.05. The van der Waals surface area contributed by atoms with E-state index in [1.807, 2.05) is 36.4 Å². The van der Waals surface area contributed by atoms with Gasteiger partial charge in [0.1, 0.15) is 12.2 Å². The van der Waals surface area contributed by atoms with E-state index in [-0.39, 0.29) is 12.2 Å². The summed E-state index contributed by atoms with van der Waals surface area (Å²) in [6.45, 7) is 0.00943. The molecule has 0 aliphatic heterocycles. The van der Waals surface area contributed by atoms with Crippen LogP contribution >= 0.6 is 0 Å². The zero-order valence-electron chi connectivity index (χ0n) is 20.3. The minimum Gasteiger partial charge on any atom is -0.370 e. The van der Waals surface area contributed by atoms with Crippen LogP contribution in [0, 0.1) is 0 Å². The maximum Gasteiger partial charge on any atom is 0.398 e. The Balaban J connectivity index is 1.68. The van der Waals surface area contributed by atoms with E-state index in [1.54, 1.807) is 60.9 Å². The van der Waals surface area contributed by atoms with Crippen molar-refractivity contribution in [3.8, 4) is 0 Å². The number of hydrogen-bond acceptors (Lipinski definition) is 7. The SMILES string of the molecule is O=S(=O)(O)O[C@H]1[C@H](OCc2ccccc2)[C@@H](c2cc[nH]c2)C=C(c2ccc3ccccc3c2)[C@H]1OS(=O)(=O)O. The van der Waals surface area contributed by atoms with Crippen LogP contribution in [0.1, 0.15) is 22.6 Å². The summed E-state index contributed by atoms with van der Waals surface area (Å²) >= 11 is 0. The molecule has 4 aromatic rings. The van der Waals surface area contributed by atoms with E-state index in [0.29, 0.717) is 11.1 Å². The number of aromatic amines is 1. The van der Waals surface area contributed by atoms with Gasteiger partial charge in [-0.05, 0) is 45.2 Å². The number of aromatic nitrogens is 1. The van der Waals surface area contributed by atoms with Gasteiger partial charge in [-0.25, -0.2) is 8.37 Å². The molecular weight excluding hydrogens is 546 g/mol. The number of H-pyrrole nitrogens is 1. The van der Waals surface area contributed by atoms with Crippen molar-refractivity contribution in [3.05, 3.63) is 114 Å². The van der Waals surface area contributed by atoms with E-state index < -0.39 is 45.0 Å². The molecule has 204 valence electrons. The molecule has 0 fully saturated rings. The van der Waals surface area contributed by atoms with Gasteiger partial charge in [-0.15, -0.1) is 0 Å². The molecular formula is C27H25NO9S2. The van der Waals surface area contributed by atoms with Crippen molar-refractivity contribution in [3.63, 3.8) is 0 Å². The van der Waals surface area contributed by atoms with Gasteiger partial charge in [0.05, 0.1) is 12.7 Å². The molecule has 12 heteroatoms. The van der Waals surface area contributed by atoms with Crippen LogP contribution in [-0.4, -0.2) is 49.2 Å². The highest BCUT2D eigenvalue weighted by Crippen LogP contribution is 2.42. The molecule has 5 rings (SSSR count). The minimum absolute atomic E-state index is 0.00943. The molecule has 10 nitrogen and oxygen atoms in total. The average Bonchev–Trinajstić information content (AvgIpc) is 3.42. The van der Waals surface area contributed by atoms with Crippen molar-refractivity contribution in [1.29, 1.82) is 0 Å². The van der Waals surface area contributed by atoms with Crippen molar-refractivity contribution < 1.29 is 39.0 Å². The van der Waals surface area contributed by atoms with Crippen molar-refractivity contribution in [2.45, 2.75) is 30.8 Å². The summed E-state index contributed by atoms with van der Waals surface area (Å²) in [7, 11) is -10.2. The molecule has 4 atom stereocenters. The number of benzene rings is 3. The summed E-state index contributed by atoms with van der Waals surface area (Å²) in [5.41, 5.74) is 2.15. The van der Waals surface area contributed by atoms with E-state index in [4.69, 9.17) is 13.1 Å². The molecule has 1 aliphatic carbocycles. The third kappa shape index (κ3) is 6.62. The summed E-state index contributed by atoms with van der Waals surface area (Å²) in [6.07, 6.45) is 0.483. The Kier molecular flexibility index (Phi) is 7.69. The van der Waals surface area contributed by atoms with Crippen molar-refractivity contribution in [2.24, 2.45) is 0 Å². The monoisotopic (exact) mass is 571 g/mol. The predicted molar refractivity (Wildman–Crippen MR) is 143 cm³/mol. The van der Waals surface area contributed by atoms with Crippen LogP contribution in [0.4, 0.5) is 0 Å². The van der Waals surface area contributed by atoms with Crippen LogP contribution in [0.3, 0.4) is 0 Å². The number of rotatable bonds is 9. The van der Waals surface area contributed by atoms with Crippen LogP contribution < -0.4 is 0 Å². The number of nitrogens with one attached hydrogen (secondary N) is 1. The van der Waals surface area contributed by atoms with E-state index in [2.05, 4.69) is 4.98 Å². The molecule has 0 spiro atoms. The molecule has 0 bridgehead atoms. The van der Waals surface area contributed by atoms with Gasteiger partial charge in [-0.3, -0.25) is 9.11 Å². The molecule has 3 N–H and O–H groups in total. The maximum atomic E-state index is 12.0. The lowest BCUT2D eigenvalue weighted by Gasteiger charge is -2.40. The van der Waals surface area contributed by atoms with Gasteiger partial charge >= 0.3 is 20.8 Å². The van der Waals surface area contributed by atoms with Crippen LogP contribution in [0.15, 0.2) is 97.3 Å². The Hall–Kier alpha value is -3.36. The van der Waals surface area contributed by atoms with E-state index in [9.17, 15) is 25.9 Å². The molecule has 1 aromatic heterocycles. The van der Waals surface area contributed by atoms with Gasteiger partial charge in [0.25, 0.3) is 0 Å². The molecule has 3 aromatic carbocycles. The third-order valence-electron chi connectivity index (χ3n) is 6.47. The molecule has 0 saturated carbocycles. The largest absolute Gasteiger partial charge is 0.398 e. The first-order valence-electron chi connectivity index (χ1n) is 11.9. The van der Waals surface area contributed by atoms with Crippen molar-refractivity contribution >= 4 is 37.1 Å². The molecule has 0 saturated heterocycles. The first-order chi connectivity index (χ1) is 18.6. The maximum absolute atomic E-state index is 12.0. The van der Waals surface area contributed by atoms with Crippen LogP contribution in [-0.2, 0) is 40.5 Å². The van der Waals surface area contributed by atoms with Crippen LogP contribution in [0.5, 0.6) is 0 Å². The lowest BCUT2D eigenvalue weighted by molar-refractivity contribution is -0.0755. The van der Waals surface area contributed by atoms with Gasteiger partial charge in [0, 0.05) is 18.3 Å². The molecule has 39 heavy (non-hydrogen) atoms. The zero-order chi connectivity index (χ0) is 27.6. The summed E-state index contributed by atoms with van der Waals surface area (Å²) in [5, 5.41) is 1.75. The van der Waals surface area contributed by atoms with Crippen molar-refractivity contribution in [1.82, 2.24) is 4.98 Å². The van der Waals surface area contributed by atoms with E-state index >= 15 is 0 Å². The summed E-state index contributed by atoms with van der Waals surface area (Å²) < 4.78 is 83.7. The Bertz CT molecular complexity index is 1690. The summed E-state index contributed by atoms with van der Waals surface area (Å²) in [5.74, 6) is -0.672. The summed E-state index contributed by atoms with van der Waals surface area (Å²) in [4.78, 5) is 2.95. The Labute approximate surface area is 225 Å². The quantitative estimate of drug-likeness (QED) is 0.250. The van der Waals surface area contributed by atoms with Gasteiger partial charge in [-0.1, -0.05) is 72.8 Å². The fraction of sp³-hybridized carbons (Fsp3) is 0.185. The smallest absolute Gasteiger partial charge is 0.370 e. The van der Waals surface area contributed by atoms with Gasteiger partial charge in [-0.2, -0.15) is 16.8 Å². The molecule has 0 amide bonds. The first-order valence-corrected chi connectivity index (χ1v) is 14.6. The van der Waals surface area contributed by atoms with Crippen LogP contribution in [0.2, 0.25) is 0 Å². The predicted octanol–water partition coefficient (Wildman–Crippen LogP) is 4.31.